The second-order valence-corrected chi connectivity index (χ2v) is 7.93. The number of hydrogen-bond acceptors (Lipinski definition) is 2. The van der Waals surface area contributed by atoms with Crippen LogP contribution in [0.1, 0.15) is 80.1 Å². The molecule has 1 aliphatic rings. The van der Waals surface area contributed by atoms with Gasteiger partial charge in [-0.3, -0.25) is 0 Å². The van der Waals surface area contributed by atoms with Crippen LogP contribution in [0.15, 0.2) is 36.4 Å². The summed E-state index contributed by atoms with van der Waals surface area (Å²) in [6.07, 6.45) is 10.1. The highest BCUT2D eigenvalue weighted by Crippen LogP contribution is 2.38. The first kappa shape index (κ1) is 21.4. The maximum Gasteiger partial charge on any atom is 0.343 e. The number of halogens is 3. The van der Waals surface area contributed by atoms with Gasteiger partial charge in [0.25, 0.3) is 0 Å². The van der Waals surface area contributed by atoms with Crippen LogP contribution < -0.4 is 4.74 Å². The number of ether oxygens (including phenoxy) is 1. The van der Waals surface area contributed by atoms with Crippen molar-refractivity contribution in [3.63, 3.8) is 0 Å². The number of carbonyl (C=O) groups is 1. The smallest absolute Gasteiger partial charge is 0.343 e. The molecule has 0 radical (unpaired) electrons. The molecule has 0 spiro atoms. The fraction of sp³-hybridized carbons (Fsp3) is 0.458. The van der Waals surface area contributed by atoms with Gasteiger partial charge in [-0.2, -0.15) is 0 Å². The Kier molecular flexibility index (Phi) is 7.34. The summed E-state index contributed by atoms with van der Waals surface area (Å²) in [5.74, 6) is -3.72. The van der Waals surface area contributed by atoms with Crippen molar-refractivity contribution >= 4 is 5.97 Å². The first-order valence-electron chi connectivity index (χ1n) is 10.4. The molecule has 0 N–H and O–H groups in total. The summed E-state index contributed by atoms with van der Waals surface area (Å²) in [7, 11) is 0. The molecule has 0 amide bonds. The lowest BCUT2D eigenvalue weighted by Crippen LogP contribution is -2.13. The Balaban J connectivity index is 1.55. The van der Waals surface area contributed by atoms with Crippen molar-refractivity contribution in [3.8, 4) is 5.75 Å². The summed E-state index contributed by atoms with van der Waals surface area (Å²) in [6, 6.07) is 8.53. The number of rotatable bonds is 7. The predicted octanol–water partition coefficient (Wildman–Crippen LogP) is 7.18. The molecule has 2 aromatic rings. The number of carbonyl (C=O) groups excluding carboxylic acids is 1. The van der Waals surface area contributed by atoms with Gasteiger partial charge in [-0.05, 0) is 67.3 Å². The zero-order chi connectivity index (χ0) is 20.8. The topological polar surface area (TPSA) is 26.3 Å². The van der Waals surface area contributed by atoms with E-state index in [2.05, 4.69) is 6.92 Å². The SMILES string of the molecule is CCCCCC1CCC(c2ccc(OC(=O)c3cc(F)c(F)c(F)c3)cc2)CC1. The first-order chi connectivity index (χ1) is 14.0. The monoisotopic (exact) mass is 404 g/mol. The van der Waals surface area contributed by atoms with Gasteiger partial charge in [0, 0.05) is 0 Å². The van der Waals surface area contributed by atoms with E-state index < -0.39 is 23.4 Å². The summed E-state index contributed by atoms with van der Waals surface area (Å²) < 4.78 is 44.8. The minimum Gasteiger partial charge on any atom is -0.423 e. The van der Waals surface area contributed by atoms with Gasteiger partial charge in [0.05, 0.1) is 5.56 Å². The summed E-state index contributed by atoms with van der Waals surface area (Å²) >= 11 is 0. The van der Waals surface area contributed by atoms with Gasteiger partial charge in [-0.25, -0.2) is 18.0 Å². The summed E-state index contributed by atoms with van der Waals surface area (Å²) in [5, 5.41) is 0. The minimum atomic E-state index is -1.61. The molecule has 0 heterocycles. The fourth-order valence-corrected chi connectivity index (χ4v) is 4.11. The van der Waals surface area contributed by atoms with Crippen LogP contribution in [0.4, 0.5) is 13.2 Å². The molecule has 3 rings (SSSR count). The second-order valence-electron chi connectivity index (χ2n) is 7.93. The maximum atomic E-state index is 13.3. The molecular weight excluding hydrogens is 377 g/mol. The van der Waals surface area contributed by atoms with Crippen LogP contribution in [-0.4, -0.2) is 5.97 Å². The number of unbranched alkanes of at least 4 members (excludes halogenated alkanes) is 2. The Morgan fingerprint density at radius 1 is 0.966 bits per heavy atom. The molecule has 156 valence electrons. The average molecular weight is 404 g/mol. The van der Waals surface area contributed by atoms with E-state index in [-0.39, 0.29) is 11.3 Å². The van der Waals surface area contributed by atoms with E-state index in [0.29, 0.717) is 18.1 Å². The Morgan fingerprint density at radius 2 is 1.59 bits per heavy atom. The van der Waals surface area contributed by atoms with Gasteiger partial charge in [-0.15, -0.1) is 0 Å². The molecule has 5 heteroatoms. The van der Waals surface area contributed by atoms with Crippen LogP contribution in [0.3, 0.4) is 0 Å². The van der Waals surface area contributed by atoms with E-state index in [4.69, 9.17) is 4.74 Å². The third-order valence-corrected chi connectivity index (χ3v) is 5.84. The van der Waals surface area contributed by atoms with Gasteiger partial charge < -0.3 is 4.74 Å². The van der Waals surface area contributed by atoms with Gasteiger partial charge in [0.1, 0.15) is 5.75 Å². The lowest BCUT2D eigenvalue weighted by molar-refractivity contribution is 0.0733. The molecule has 0 atom stereocenters. The van der Waals surface area contributed by atoms with Crippen LogP contribution >= 0.6 is 0 Å². The highest BCUT2D eigenvalue weighted by atomic mass is 19.2. The Bertz CT molecular complexity index is 802. The number of hydrogen-bond donors (Lipinski definition) is 0. The van der Waals surface area contributed by atoms with Crippen LogP contribution in [0.25, 0.3) is 0 Å². The number of esters is 1. The van der Waals surface area contributed by atoms with Crippen LogP contribution in [-0.2, 0) is 0 Å². The maximum absolute atomic E-state index is 13.3. The third kappa shape index (κ3) is 5.62. The van der Waals surface area contributed by atoms with Crippen molar-refractivity contribution in [2.24, 2.45) is 5.92 Å². The van der Waals surface area contributed by atoms with E-state index in [9.17, 15) is 18.0 Å². The molecule has 29 heavy (non-hydrogen) atoms. The summed E-state index contributed by atoms with van der Waals surface area (Å²) in [4.78, 5) is 12.1. The van der Waals surface area contributed by atoms with Crippen molar-refractivity contribution in [1.29, 1.82) is 0 Å². The molecule has 0 aromatic heterocycles. The van der Waals surface area contributed by atoms with Gasteiger partial charge in [0.2, 0.25) is 0 Å². The largest absolute Gasteiger partial charge is 0.423 e. The standard InChI is InChI=1S/C24H27F3O2/c1-2-3-4-5-16-6-8-17(9-7-16)18-10-12-20(13-11-18)29-24(28)19-14-21(25)23(27)22(26)15-19/h10-17H,2-9H2,1H3. The van der Waals surface area contributed by atoms with E-state index in [1.807, 2.05) is 12.1 Å². The zero-order valence-electron chi connectivity index (χ0n) is 16.7. The fourth-order valence-electron chi connectivity index (χ4n) is 4.11. The first-order valence-corrected chi connectivity index (χ1v) is 10.4. The minimum absolute atomic E-state index is 0.289. The van der Waals surface area contributed by atoms with Crippen molar-refractivity contribution in [2.45, 2.75) is 64.2 Å². The lowest BCUT2D eigenvalue weighted by atomic mass is 9.77. The van der Waals surface area contributed by atoms with Gasteiger partial charge in [0.15, 0.2) is 17.5 Å². The Morgan fingerprint density at radius 3 is 2.17 bits per heavy atom. The Labute approximate surface area is 170 Å². The van der Waals surface area contributed by atoms with E-state index in [0.717, 1.165) is 5.92 Å². The highest BCUT2D eigenvalue weighted by Gasteiger charge is 2.22. The van der Waals surface area contributed by atoms with Crippen molar-refractivity contribution in [1.82, 2.24) is 0 Å². The molecule has 0 bridgehead atoms. The van der Waals surface area contributed by atoms with E-state index in [1.54, 1.807) is 12.1 Å². The highest BCUT2D eigenvalue weighted by molar-refractivity contribution is 5.91. The Hall–Kier alpha value is -2.30. The van der Waals surface area contributed by atoms with Crippen LogP contribution in [0, 0.1) is 23.4 Å². The normalized spacial score (nSPS) is 19.2. The predicted molar refractivity (Wildman–Crippen MR) is 107 cm³/mol. The van der Waals surface area contributed by atoms with Crippen LogP contribution in [0.5, 0.6) is 5.75 Å². The average Bonchev–Trinajstić information content (AvgIpc) is 2.73. The molecule has 0 aliphatic heterocycles. The summed E-state index contributed by atoms with van der Waals surface area (Å²) in [6.45, 7) is 2.23. The van der Waals surface area contributed by atoms with E-state index in [1.165, 1.54) is 56.9 Å². The molecule has 1 aliphatic carbocycles. The van der Waals surface area contributed by atoms with Crippen molar-refractivity contribution < 1.29 is 22.7 Å². The molecular formula is C24H27F3O2. The molecule has 1 saturated carbocycles. The molecule has 0 saturated heterocycles. The van der Waals surface area contributed by atoms with Gasteiger partial charge >= 0.3 is 5.97 Å². The second kappa shape index (κ2) is 9.95. The quantitative estimate of drug-likeness (QED) is 0.211. The van der Waals surface area contributed by atoms with Crippen LogP contribution in [0.2, 0.25) is 0 Å². The molecule has 2 aromatic carbocycles. The molecule has 0 unspecified atom stereocenters. The lowest BCUT2D eigenvalue weighted by Gasteiger charge is -2.29. The molecule has 1 fully saturated rings. The summed E-state index contributed by atoms with van der Waals surface area (Å²) in [5.41, 5.74) is 0.850. The number of benzene rings is 2. The van der Waals surface area contributed by atoms with Gasteiger partial charge in [-0.1, -0.05) is 44.7 Å². The van der Waals surface area contributed by atoms with E-state index >= 15 is 0 Å². The molecule has 2 nitrogen and oxygen atoms in total. The van der Waals surface area contributed by atoms with Crippen molar-refractivity contribution in [2.75, 3.05) is 0 Å². The third-order valence-electron chi connectivity index (χ3n) is 5.84. The van der Waals surface area contributed by atoms with Crippen molar-refractivity contribution in [3.05, 3.63) is 65.0 Å². The zero-order valence-corrected chi connectivity index (χ0v) is 16.7.